The molecule has 0 spiro atoms. The number of pyridine rings is 1. The maximum Gasteiger partial charge on any atom is 0.126 e. The summed E-state index contributed by atoms with van der Waals surface area (Å²) in [6.45, 7) is 2.76. The molecule has 1 N–H and O–H groups in total. The molecule has 0 bridgehead atoms. The Morgan fingerprint density at radius 1 is 1.14 bits per heavy atom. The van der Waals surface area contributed by atoms with Crippen LogP contribution in [-0.4, -0.2) is 11.5 Å². The van der Waals surface area contributed by atoms with Gasteiger partial charge >= 0.3 is 0 Å². The summed E-state index contributed by atoms with van der Waals surface area (Å²) in [5.41, 5.74) is 3.20. The van der Waals surface area contributed by atoms with Crippen LogP contribution in [0.2, 0.25) is 5.02 Å². The van der Waals surface area contributed by atoms with Gasteiger partial charge in [0.25, 0.3) is 0 Å². The van der Waals surface area contributed by atoms with E-state index in [1.807, 2.05) is 43.3 Å². The van der Waals surface area contributed by atoms with E-state index < -0.39 is 0 Å². The molecule has 0 aliphatic heterocycles. The first-order valence-corrected chi connectivity index (χ1v) is 7.16. The minimum Gasteiger partial charge on any atom is -0.385 e. The molecule has 106 valence electrons. The topological polar surface area (TPSA) is 24.9 Å². The Kier molecular flexibility index (Phi) is 3.76. The van der Waals surface area contributed by atoms with Gasteiger partial charge in [0, 0.05) is 29.2 Å². The van der Waals surface area contributed by atoms with Gasteiger partial charge in [0.2, 0.25) is 0 Å². The van der Waals surface area contributed by atoms with E-state index >= 15 is 0 Å². The van der Waals surface area contributed by atoms with Crippen LogP contribution in [0.15, 0.2) is 48.5 Å². The molecular formula is C17H14ClFN2. The van der Waals surface area contributed by atoms with Gasteiger partial charge < -0.3 is 5.32 Å². The highest BCUT2D eigenvalue weighted by Gasteiger charge is 2.11. The summed E-state index contributed by atoms with van der Waals surface area (Å²) in [7, 11) is 0. The molecule has 0 aliphatic carbocycles. The minimum atomic E-state index is -0.382. The predicted octanol–water partition coefficient (Wildman–Crippen LogP) is 5.13. The standard InChI is InChI=1S/C17H14ClFN2/c1-2-20-15-10-14(11-6-4-3-5-7-11)21-16-9-12(19)8-13(18)17(15)16/h3-10H,2H2,1H3,(H,20,21). The van der Waals surface area contributed by atoms with Gasteiger partial charge in [0.1, 0.15) is 5.82 Å². The quantitative estimate of drug-likeness (QED) is 0.725. The summed E-state index contributed by atoms with van der Waals surface area (Å²) >= 11 is 6.18. The van der Waals surface area contributed by atoms with Crippen molar-refractivity contribution in [1.82, 2.24) is 4.98 Å². The highest BCUT2D eigenvalue weighted by molar-refractivity contribution is 6.36. The zero-order valence-electron chi connectivity index (χ0n) is 11.5. The molecule has 2 aromatic carbocycles. The second-order valence-electron chi connectivity index (χ2n) is 4.73. The maximum atomic E-state index is 13.6. The van der Waals surface area contributed by atoms with E-state index in [1.165, 1.54) is 12.1 Å². The molecule has 0 radical (unpaired) electrons. The van der Waals surface area contributed by atoms with Crippen molar-refractivity contribution in [2.24, 2.45) is 0 Å². The third-order valence-corrected chi connectivity index (χ3v) is 3.56. The lowest BCUT2D eigenvalue weighted by atomic mass is 10.1. The zero-order chi connectivity index (χ0) is 14.8. The lowest BCUT2D eigenvalue weighted by Gasteiger charge is -2.12. The van der Waals surface area contributed by atoms with E-state index in [2.05, 4.69) is 10.3 Å². The molecule has 0 saturated heterocycles. The highest BCUT2D eigenvalue weighted by Crippen LogP contribution is 2.33. The zero-order valence-corrected chi connectivity index (χ0v) is 12.3. The molecule has 21 heavy (non-hydrogen) atoms. The van der Waals surface area contributed by atoms with Gasteiger partial charge in [-0.3, -0.25) is 0 Å². The van der Waals surface area contributed by atoms with Crippen molar-refractivity contribution in [3.8, 4) is 11.3 Å². The smallest absolute Gasteiger partial charge is 0.126 e. The lowest BCUT2D eigenvalue weighted by molar-refractivity contribution is 0.629. The number of benzene rings is 2. The van der Waals surface area contributed by atoms with Gasteiger partial charge in [-0.15, -0.1) is 0 Å². The number of fused-ring (bicyclic) bond motifs is 1. The van der Waals surface area contributed by atoms with Crippen molar-refractivity contribution in [3.05, 3.63) is 59.4 Å². The summed E-state index contributed by atoms with van der Waals surface area (Å²) in [5, 5.41) is 4.39. The Labute approximate surface area is 127 Å². The Morgan fingerprint density at radius 3 is 2.62 bits per heavy atom. The summed E-state index contributed by atoms with van der Waals surface area (Å²) in [6.07, 6.45) is 0. The SMILES string of the molecule is CCNc1cc(-c2ccccc2)nc2cc(F)cc(Cl)c12. The molecule has 0 aliphatic rings. The normalized spacial score (nSPS) is 10.8. The second kappa shape index (κ2) is 5.70. The van der Waals surface area contributed by atoms with E-state index in [9.17, 15) is 4.39 Å². The van der Waals surface area contributed by atoms with Gasteiger partial charge in [-0.2, -0.15) is 0 Å². The van der Waals surface area contributed by atoms with Crippen LogP contribution in [0.4, 0.5) is 10.1 Å². The van der Waals surface area contributed by atoms with Gasteiger partial charge in [0.15, 0.2) is 0 Å². The number of aromatic nitrogens is 1. The predicted molar refractivity (Wildman–Crippen MR) is 86.3 cm³/mol. The first-order chi connectivity index (χ1) is 10.2. The van der Waals surface area contributed by atoms with Crippen molar-refractivity contribution in [2.75, 3.05) is 11.9 Å². The summed E-state index contributed by atoms with van der Waals surface area (Å²) in [5.74, 6) is -0.382. The average molecular weight is 301 g/mol. The molecular weight excluding hydrogens is 287 g/mol. The first kappa shape index (κ1) is 13.8. The Balaban J connectivity index is 2.29. The minimum absolute atomic E-state index is 0.369. The van der Waals surface area contributed by atoms with E-state index in [1.54, 1.807) is 0 Å². The fraction of sp³-hybridized carbons (Fsp3) is 0.118. The maximum absolute atomic E-state index is 13.6. The van der Waals surface area contributed by atoms with E-state index in [0.717, 1.165) is 28.9 Å². The first-order valence-electron chi connectivity index (χ1n) is 6.78. The molecule has 0 unspecified atom stereocenters. The third-order valence-electron chi connectivity index (χ3n) is 3.26. The largest absolute Gasteiger partial charge is 0.385 e. The number of hydrogen-bond donors (Lipinski definition) is 1. The van der Waals surface area contributed by atoms with Crippen LogP contribution in [-0.2, 0) is 0 Å². The number of nitrogens with zero attached hydrogens (tertiary/aromatic N) is 1. The molecule has 1 aromatic heterocycles. The van der Waals surface area contributed by atoms with Crippen molar-refractivity contribution in [3.63, 3.8) is 0 Å². The van der Waals surface area contributed by atoms with Crippen LogP contribution in [0.3, 0.4) is 0 Å². The molecule has 1 heterocycles. The second-order valence-corrected chi connectivity index (χ2v) is 5.14. The third kappa shape index (κ3) is 2.69. The fourth-order valence-corrected chi connectivity index (χ4v) is 2.68. The fourth-order valence-electron chi connectivity index (χ4n) is 2.37. The van der Waals surface area contributed by atoms with Crippen LogP contribution < -0.4 is 5.32 Å². The Morgan fingerprint density at radius 2 is 1.90 bits per heavy atom. The monoisotopic (exact) mass is 300 g/mol. The van der Waals surface area contributed by atoms with Gasteiger partial charge in [-0.1, -0.05) is 41.9 Å². The van der Waals surface area contributed by atoms with Crippen molar-refractivity contribution < 1.29 is 4.39 Å². The molecule has 2 nitrogen and oxygen atoms in total. The molecule has 0 fully saturated rings. The average Bonchev–Trinajstić information content (AvgIpc) is 2.47. The van der Waals surface area contributed by atoms with Crippen molar-refractivity contribution in [2.45, 2.75) is 6.92 Å². The highest BCUT2D eigenvalue weighted by atomic mass is 35.5. The van der Waals surface area contributed by atoms with E-state index in [4.69, 9.17) is 11.6 Å². The van der Waals surface area contributed by atoms with Gasteiger partial charge in [0.05, 0.1) is 16.2 Å². The molecule has 0 amide bonds. The van der Waals surface area contributed by atoms with Crippen molar-refractivity contribution in [1.29, 1.82) is 0 Å². The van der Waals surface area contributed by atoms with E-state index in [-0.39, 0.29) is 5.82 Å². The molecule has 0 atom stereocenters. The summed E-state index contributed by atoms with van der Waals surface area (Å²) in [6, 6.07) is 14.5. The van der Waals surface area contributed by atoms with E-state index in [0.29, 0.717) is 10.5 Å². The lowest BCUT2D eigenvalue weighted by Crippen LogP contribution is -2.00. The Hall–Kier alpha value is -2.13. The number of rotatable bonds is 3. The van der Waals surface area contributed by atoms with Gasteiger partial charge in [-0.25, -0.2) is 9.37 Å². The summed E-state index contributed by atoms with van der Waals surface area (Å²) in [4.78, 5) is 4.55. The van der Waals surface area contributed by atoms with Crippen LogP contribution in [0.25, 0.3) is 22.2 Å². The molecule has 3 rings (SSSR count). The van der Waals surface area contributed by atoms with Gasteiger partial charge in [-0.05, 0) is 19.1 Å². The van der Waals surface area contributed by atoms with Crippen molar-refractivity contribution >= 4 is 28.2 Å². The number of nitrogens with one attached hydrogen (secondary N) is 1. The Bertz CT molecular complexity index is 788. The number of anilines is 1. The number of halogens is 2. The van der Waals surface area contributed by atoms with Crippen LogP contribution >= 0.6 is 11.6 Å². The number of hydrogen-bond acceptors (Lipinski definition) is 2. The molecule has 4 heteroatoms. The van der Waals surface area contributed by atoms with Crippen LogP contribution in [0.1, 0.15) is 6.92 Å². The summed E-state index contributed by atoms with van der Waals surface area (Å²) < 4.78 is 13.6. The molecule has 0 saturated carbocycles. The van der Waals surface area contributed by atoms with Crippen LogP contribution in [0.5, 0.6) is 0 Å². The molecule has 3 aromatic rings. The van der Waals surface area contributed by atoms with Crippen LogP contribution in [0, 0.1) is 5.82 Å².